The van der Waals surface area contributed by atoms with E-state index >= 15 is 0 Å². The number of nitrogens with zero attached hydrogens (tertiary/aromatic N) is 1. The standard InChI is InChI=1S/C15H25N3O2/c1-11-8-16-7-6-13(11)10-17-12(2)9-18-14(19)20-15(3,4)5/h6-8,12,17H,9-10H2,1-5H3,(H,18,19). The Morgan fingerprint density at radius 1 is 1.45 bits per heavy atom. The third-order valence-electron chi connectivity index (χ3n) is 2.73. The van der Waals surface area contributed by atoms with E-state index in [1.165, 1.54) is 5.56 Å². The third-order valence-corrected chi connectivity index (χ3v) is 2.73. The molecule has 0 bridgehead atoms. The molecular formula is C15H25N3O2. The number of nitrogens with one attached hydrogen (secondary N) is 2. The molecule has 1 atom stereocenters. The van der Waals surface area contributed by atoms with Crippen LogP contribution in [0.2, 0.25) is 0 Å². The summed E-state index contributed by atoms with van der Waals surface area (Å²) in [7, 11) is 0. The highest BCUT2D eigenvalue weighted by molar-refractivity contribution is 5.67. The molecule has 1 amide bonds. The Balaban J connectivity index is 2.29. The maximum atomic E-state index is 11.5. The first-order valence-electron chi connectivity index (χ1n) is 6.87. The zero-order valence-corrected chi connectivity index (χ0v) is 13.0. The van der Waals surface area contributed by atoms with Crippen molar-refractivity contribution >= 4 is 6.09 Å². The number of amides is 1. The topological polar surface area (TPSA) is 63.2 Å². The largest absolute Gasteiger partial charge is 0.444 e. The summed E-state index contributed by atoms with van der Waals surface area (Å²) in [6, 6.07) is 2.16. The van der Waals surface area contributed by atoms with Gasteiger partial charge < -0.3 is 15.4 Å². The van der Waals surface area contributed by atoms with Crippen molar-refractivity contribution in [3.8, 4) is 0 Å². The highest BCUT2D eigenvalue weighted by Crippen LogP contribution is 2.06. The maximum absolute atomic E-state index is 11.5. The summed E-state index contributed by atoms with van der Waals surface area (Å²) in [6.07, 6.45) is 3.25. The SMILES string of the molecule is Cc1cnccc1CNC(C)CNC(=O)OC(C)(C)C. The van der Waals surface area contributed by atoms with Crippen molar-refractivity contribution in [2.24, 2.45) is 0 Å². The van der Waals surface area contributed by atoms with Crippen LogP contribution in [0.3, 0.4) is 0 Å². The average molecular weight is 279 g/mol. The molecule has 0 fully saturated rings. The lowest BCUT2D eigenvalue weighted by molar-refractivity contribution is 0.0523. The van der Waals surface area contributed by atoms with Crippen molar-refractivity contribution in [1.82, 2.24) is 15.6 Å². The number of ether oxygens (including phenoxy) is 1. The number of hydrogen-bond donors (Lipinski definition) is 2. The van der Waals surface area contributed by atoms with Crippen LogP contribution in [0.5, 0.6) is 0 Å². The molecule has 0 aromatic carbocycles. The van der Waals surface area contributed by atoms with Gasteiger partial charge in [0.1, 0.15) is 5.60 Å². The summed E-state index contributed by atoms with van der Waals surface area (Å²) in [5.74, 6) is 0. The van der Waals surface area contributed by atoms with Crippen LogP contribution in [-0.4, -0.2) is 29.3 Å². The van der Waals surface area contributed by atoms with E-state index in [9.17, 15) is 4.79 Å². The molecule has 0 saturated carbocycles. The van der Waals surface area contributed by atoms with Gasteiger partial charge >= 0.3 is 6.09 Å². The quantitative estimate of drug-likeness (QED) is 0.868. The molecule has 5 nitrogen and oxygen atoms in total. The molecule has 112 valence electrons. The molecule has 0 spiro atoms. The van der Waals surface area contributed by atoms with Crippen LogP contribution < -0.4 is 10.6 Å². The van der Waals surface area contributed by atoms with Gasteiger partial charge in [-0.05, 0) is 51.8 Å². The van der Waals surface area contributed by atoms with Crippen LogP contribution in [0.4, 0.5) is 4.79 Å². The zero-order chi connectivity index (χ0) is 15.2. The second kappa shape index (κ2) is 7.24. The van der Waals surface area contributed by atoms with Crippen molar-refractivity contribution in [3.05, 3.63) is 29.6 Å². The molecule has 0 aliphatic rings. The third kappa shape index (κ3) is 6.52. The summed E-state index contributed by atoms with van der Waals surface area (Å²) in [4.78, 5) is 15.6. The number of aromatic nitrogens is 1. The fourth-order valence-corrected chi connectivity index (χ4v) is 1.61. The lowest BCUT2D eigenvalue weighted by Crippen LogP contribution is -2.41. The molecule has 0 radical (unpaired) electrons. The molecule has 20 heavy (non-hydrogen) atoms. The van der Waals surface area contributed by atoms with Gasteiger partial charge in [0.05, 0.1) is 0 Å². The Morgan fingerprint density at radius 2 is 2.15 bits per heavy atom. The van der Waals surface area contributed by atoms with E-state index in [4.69, 9.17) is 4.74 Å². The van der Waals surface area contributed by atoms with Crippen LogP contribution in [0.1, 0.15) is 38.8 Å². The van der Waals surface area contributed by atoms with E-state index in [0.717, 1.165) is 12.1 Å². The van der Waals surface area contributed by atoms with E-state index in [1.54, 1.807) is 6.20 Å². The Kier molecular flexibility index (Phi) is 5.95. The number of pyridine rings is 1. The maximum Gasteiger partial charge on any atom is 0.407 e. The first-order valence-corrected chi connectivity index (χ1v) is 6.87. The number of hydrogen-bond acceptors (Lipinski definition) is 4. The van der Waals surface area contributed by atoms with Gasteiger partial charge in [0.15, 0.2) is 0 Å². The van der Waals surface area contributed by atoms with Gasteiger partial charge in [-0.15, -0.1) is 0 Å². The summed E-state index contributed by atoms with van der Waals surface area (Å²) >= 11 is 0. The molecule has 1 heterocycles. The van der Waals surface area contributed by atoms with E-state index in [-0.39, 0.29) is 12.1 Å². The molecule has 1 aromatic heterocycles. The summed E-state index contributed by atoms with van der Waals surface area (Å²) in [6.45, 7) is 10.9. The molecule has 0 aliphatic heterocycles. The molecule has 1 rings (SSSR count). The predicted molar refractivity (Wildman–Crippen MR) is 79.5 cm³/mol. The highest BCUT2D eigenvalue weighted by Gasteiger charge is 2.16. The molecular weight excluding hydrogens is 254 g/mol. The number of rotatable bonds is 5. The Hall–Kier alpha value is -1.62. The van der Waals surface area contributed by atoms with E-state index in [1.807, 2.05) is 46.9 Å². The van der Waals surface area contributed by atoms with E-state index < -0.39 is 5.60 Å². The Morgan fingerprint density at radius 3 is 2.75 bits per heavy atom. The highest BCUT2D eigenvalue weighted by atomic mass is 16.6. The van der Waals surface area contributed by atoms with Crippen molar-refractivity contribution in [1.29, 1.82) is 0 Å². The van der Waals surface area contributed by atoms with Crippen LogP contribution in [-0.2, 0) is 11.3 Å². The normalized spacial score (nSPS) is 12.8. The minimum atomic E-state index is -0.463. The second-order valence-electron chi connectivity index (χ2n) is 5.97. The van der Waals surface area contributed by atoms with Crippen molar-refractivity contribution in [3.63, 3.8) is 0 Å². The first-order chi connectivity index (χ1) is 9.28. The molecule has 0 aliphatic carbocycles. The molecule has 0 saturated heterocycles. The van der Waals surface area contributed by atoms with Gasteiger partial charge in [0.25, 0.3) is 0 Å². The minimum Gasteiger partial charge on any atom is -0.444 e. The molecule has 2 N–H and O–H groups in total. The van der Waals surface area contributed by atoms with E-state index in [0.29, 0.717) is 6.54 Å². The van der Waals surface area contributed by atoms with Crippen LogP contribution in [0.25, 0.3) is 0 Å². The number of carbonyl (C=O) groups excluding carboxylic acids is 1. The zero-order valence-electron chi connectivity index (χ0n) is 13.0. The molecule has 1 aromatic rings. The first kappa shape index (κ1) is 16.4. The van der Waals surface area contributed by atoms with Gasteiger partial charge in [-0.25, -0.2) is 4.79 Å². The Labute approximate surface area is 121 Å². The lowest BCUT2D eigenvalue weighted by Gasteiger charge is -2.21. The minimum absolute atomic E-state index is 0.162. The van der Waals surface area contributed by atoms with Gasteiger partial charge in [-0.1, -0.05) is 0 Å². The molecule has 1 unspecified atom stereocenters. The summed E-state index contributed by atoms with van der Waals surface area (Å²) < 4.78 is 5.18. The number of alkyl carbamates (subject to hydrolysis) is 1. The van der Waals surface area contributed by atoms with Crippen LogP contribution in [0.15, 0.2) is 18.5 Å². The fourth-order valence-electron chi connectivity index (χ4n) is 1.61. The Bertz CT molecular complexity index is 441. The monoisotopic (exact) mass is 279 g/mol. The van der Waals surface area contributed by atoms with Crippen molar-refractivity contribution in [2.75, 3.05) is 6.54 Å². The van der Waals surface area contributed by atoms with Gasteiger partial charge in [0.2, 0.25) is 0 Å². The fraction of sp³-hybridized carbons (Fsp3) is 0.600. The predicted octanol–water partition coefficient (Wildman–Crippen LogP) is 2.39. The van der Waals surface area contributed by atoms with Gasteiger partial charge in [-0.2, -0.15) is 0 Å². The number of carbonyl (C=O) groups is 1. The summed E-state index contributed by atoms with van der Waals surface area (Å²) in [5, 5.41) is 6.11. The van der Waals surface area contributed by atoms with E-state index in [2.05, 4.69) is 15.6 Å². The van der Waals surface area contributed by atoms with Crippen LogP contribution >= 0.6 is 0 Å². The second-order valence-corrected chi connectivity index (χ2v) is 5.97. The van der Waals surface area contributed by atoms with Crippen LogP contribution in [0, 0.1) is 6.92 Å². The van der Waals surface area contributed by atoms with Gasteiger partial charge in [0, 0.05) is 31.5 Å². The van der Waals surface area contributed by atoms with Gasteiger partial charge in [-0.3, -0.25) is 4.98 Å². The lowest BCUT2D eigenvalue weighted by atomic mass is 10.1. The summed E-state index contributed by atoms with van der Waals surface area (Å²) in [5.41, 5.74) is 1.91. The van der Waals surface area contributed by atoms with Crippen molar-refractivity contribution in [2.45, 2.75) is 52.8 Å². The average Bonchev–Trinajstić information content (AvgIpc) is 2.33. The molecule has 5 heteroatoms. The number of aryl methyl sites for hydroxylation is 1. The van der Waals surface area contributed by atoms with Crippen molar-refractivity contribution < 1.29 is 9.53 Å². The smallest absolute Gasteiger partial charge is 0.407 e.